The maximum atomic E-state index is 10.8. The van der Waals surface area contributed by atoms with E-state index in [-0.39, 0.29) is 5.91 Å². The predicted octanol–water partition coefficient (Wildman–Crippen LogP) is 3.14. The summed E-state index contributed by atoms with van der Waals surface area (Å²) in [6, 6.07) is 6.18. The van der Waals surface area contributed by atoms with Gasteiger partial charge in [-0.25, -0.2) is 5.48 Å². The monoisotopic (exact) mass is 265 g/mol. The van der Waals surface area contributed by atoms with E-state index in [9.17, 15) is 4.79 Å². The molecule has 0 saturated carbocycles. The van der Waals surface area contributed by atoms with Gasteiger partial charge in [0.05, 0.1) is 6.61 Å². The van der Waals surface area contributed by atoms with Gasteiger partial charge in [-0.15, -0.1) is 0 Å². The summed E-state index contributed by atoms with van der Waals surface area (Å²) in [4.78, 5) is 10.8. The SMILES string of the molecule is Cc1ccc(OCCCCCCC(=O)NO)c(C)c1. The molecule has 1 amide bonds. The van der Waals surface area contributed by atoms with Crippen LogP contribution in [0.5, 0.6) is 5.75 Å². The third-order valence-corrected chi connectivity index (χ3v) is 3.01. The van der Waals surface area contributed by atoms with E-state index in [0.717, 1.165) is 31.4 Å². The van der Waals surface area contributed by atoms with Crippen molar-refractivity contribution in [2.45, 2.75) is 46.0 Å². The van der Waals surface area contributed by atoms with Crippen molar-refractivity contribution < 1.29 is 14.7 Å². The van der Waals surface area contributed by atoms with Crippen LogP contribution in [0.15, 0.2) is 18.2 Å². The molecule has 0 spiro atoms. The number of hydrogen-bond acceptors (Lipinski definition) is 3. The first kappa shape index (κ1) is 15.5. The second-order valence-corrected chi connectivity index (χ2v) is 4.82. The lowest BCUT2D eigenvalue weighted by Crippen LogP contribution is -2.17. The fourth-order valence-electron chi connectivity index (χ4n) is 1.94. The first-order valence-corrected chi connectivity index (χ1v) is 6.76. The minimum Gasteiger partial charge on any atom is -0.493 e. The molecule has 0 heterocycles. The van der Waals surface area contributed by atoms with E-state index >= 15 is 0 Å². The molecule has 0 fully saturated rings. The van der Waals surface area contributed by atoms with E-state index < -0.39 is 0 Å². The number of ether oxygens (including phenoxy) is 1. The molecule has 4 nitrogen and oxygen atoms in total. The second-order valence-electron chi connectivity index (χ2n) is 4.82. The van der Waals surface area contributed by atoms with Crippen LogP contribution < -0.4 is 10.2 Å². The number of hydroxylamine groups is 1. The molecule has 19 heavy (non-hydrogen) atoms. The molecule has 2 N–H and O–H groups in total. The summed E-state index contributed by atoms with van der Waals surface area (Å²) in [7, 11) is 0. The number of unbranched alkanes of at least 4 members (excludes halogenated alkanes) is 3. The smallest absolute Gasteiger partial charge is 0.243 e. The zero-order chi connectivity index (χ0) is 14.1. The molecule has 1 aromatic carbocycles. The van der Waals surface area contributed by atoms with Crippen LogP contribution in [0, 0.1) is 13.8 Å². The predicted molar refractivity (Wildman–Crippen MR) is 74.4 cm³/mol. The molecule has 0 aromatic heterocycles. The molecule has 0 atom stereocenters. The Morgan fingerprint density at radius 2 is 1.95 bits per heavy atom. The summed E-state index contributed by atoms with van der Waals surface area (Å²) in [5, 5.41) is 8.33. The average molecular weight is 265 g/mol. The zero-order valence-corrected chi connectivity index (χ0v) is 11.7. The van der Waals surface area contributed by atoms with E-state index in [4.69, 9.17) is 9.94 Å². The molecule has 1 aromatic rings. The van der Waals surface area contributed by atoms with Crippen molar-refractivity contribution in [1.82, 2.24) is 5.48 Å². The number of nitrogens with one attached hydrogen (secondary N) is 1. The van der Waals surface area contributed by atoms with Crippen molar-refractivity contribution in [2.24, 2.45) is 0 Å². The molecular formula is C15H23NO3. The van der Waals surface area contributed by atoms with Gasteiger partial charge < -0.3 is 4.74 Å². The van der Waals surface area contributed by atoms with Gasteiger partial charge in [0.25, 0.3) is 0 Å². The molecule has 4 heteroatoms. The lowest BCUT2D eigenvalue weighted by molar-refractivity contribution is -0.129. The summed E-state index contributed by atoms with van der Waals surface area (Å²) in [5.74, 6) is 0.636. The number of hydrogen-bond donors (Lipinski definition) is 2. The van der Waals surface area contributed by atoms with Gasteiger partial charge in [0.15, 0.2) is 0 Å². The largest absolute Gasteiger partial charge is 0.493 e. The van der Waals surface area contributed by atoms with Crippen LogP contribution in [0.2, 0.25) is 0 Å². The summed E-state index contributed by atoms with van der Waals surface area (Å²) < 4.78 is 5.72. The molecule has 0 saturated heterocycles. The molecule has 0 radical (unpaired) electrons. The van der Waals surface area contributed by atoms with Gasteiger partial charge in [-0.1, -0.05) is 30.5 Å². The average Bonchev–Trinajstić information content (AvgIpc) is 2.39. The van der Waals surface area contributed by atoms with Crippen molar-refractivity contribution in [3.05, 3.63) is 29.3 Å². The maximum Gasteiger partial charge on any atom is 0.243 e. The molecule has 0 aliphatic heterocycles. The van der Waals surface area contributed by atoms with Crippen molar-refractivity contribution in [1.29, 1.82) is 0 Å². The lowest BCUT2D eigenvalue weighted by Gasteiger charge is -2.09. The number of aryl methyl sites for hydroxylation is 2. The van der Waals surface area contributed by atoms with E-state index in [1.54, 1.807) is 5.48 Å². The minimum atomic E-state index is -0.313. The van der Waals surface area contributed by atoms with E-state index in [1.807, 2.05) is 6.07 Å². The summed E-state index contributed by atoms with van der Waals surface area (Å²) in [6.45, 7) is 4.82. The fraction of sp³-hybridized carbons (Fsp3) is 0.533. The van der Waals surface area contributed by atoms with Gasteiger partial charge in [0, 0.05) is 6.42 Å². The Kier molecular flexibility index (Phi) is 6.97. The normalized spacial score (nSPS) is 10.3. The lowest BCUT2D eigenvalue weighted by atomic mass is 10.1. The molecule has 106 valence electrons. The molecule has 0 bridgehead atoms. The van der Waals surface area contributed by atoms with Crippen LogP contribution >= 0.6 is 0 Å². The Morgan fingerprint density at radius 3 is 2.63 bits per heavy atom. The third kappa shape index (κ3) is 6.25. The number of amides is 1. The quantitative estimate of drug-likeness (QED) is 0.431. The minimum absolute atomic E-state index is 0.313. The standard InChI is InChI=1S/C15H23NO3/c1-12-8-9-14(13(2)11-12)19-10-6-4-3-5-7-15(17)16-18/h8-9,11,18H,3-7,10H2,1-2H3,(H,16,17). The number of rotatable bonds is 8. The highest BCUT2D eigenvalue weighted by Crippen LogP contribution is 2.19. The number of carbonyl (C=O) groups is 1. The molecule has 0 unspecified atom stereocenters. The highest BCUT2D eigenvalue weighted by atomic mass is 16.5. The van der Waals surface area contributed by atoms with Gasteiger partial charge >= 0.3 is 0 Å². The topological polar surface area (TPSA) is 58.6 Å². The highest BCUT2D eigenvalue weighted by Gasteiger charge is 2.00. The molecule has 1 rings (SSSR count). The molecule has 0 aliphatic rings. The van der Waals surface area contributed by atoms with E-state index in [0.29, 0.717) is 13.0 Å². The highest BCUT2D eigenvalue weighted by molar-refractivity contribution is 5.74. The van der Waals surface area contributed by atoms with Gasteiger partial charge in [-0.3, -0.25) is 10.0 Å². The Labute approximate surface area is 114 Å². The molecule has 0 aliphatic carbocycles. The van der Waals surface area contributed by atoms with Crippen molar-refractivity contribution in [2.75, 3.05) is 6.61 Å². The van der Waals surface area contributed by atoms with E-state index in [1.165, 1.54) is 11.1 Å². The van der Waals surface area contributed by atoms with Gasteiger partial charge in [-0.05, 0) is 38.3 Å². The van der Waals surface area contributed by atoms with Crippen LogP contribution in [0.1, 0.15) is 43.2 Å². The van der Waals surface area contributed by atoms with Gasteiger partial charge in [0.1, 0.15) is 5.75 Å². The van der Waals surface area contributed by atoms with Crippen LogP contribution in [-0.2, 0) is 4.79 Å². The Morgan fingerprint density at radius 1 is 1.21 bits per heavy atom. The third-order valence-electron chi connectivity index (χ3n) is 3.01. The summed E-state index contributed by atoms with van der Waals surface area (Å²) in [5.41, 5.74) is 4.04. The maximum absolute atomic E-state index is 10.8. The zero-order valence-electron chi connectivity index (χ0n) is 11.7. The van der Waals surface area contributed by atoms with Crippen molar-refractivity contribution in [3.63, 3.8) is 0 Å². The molecular weight excluding hydrogens is 242 g/mol. The Hall–Kier alpha value is -1.55. The van der Waals surface area contributed by atoms with Gasteiger partial charge in [-0.2, -0.15) is 0 Å². The van der Waals surface area contributed by atoms with Crippen molar-refractivity contribution in [3.8, 4) is 5.75 Å². The van der Waals surface area contributed by atoms with Crippen LogP contribution in [-0.4, -0.2) is 17.7 Å². The van der Waals surface area contributed by atoms with Crippen LogP contribution in [0.25, 0.3) is 0 Å². The van der Waals surface area contributed by atoms with Crippen LogP contribution in [0.3, 0.4) is 0 Å². The summed E-state index contributed by atoms with van der Waals surface area (Å²) >= 11 is 0. The first-order chi connectivity index (χ1) is 9.13. The Balaban J connectivity index is 2.09. The number of benzene rings is 1. The van der Waals surface area contributed by atoms with E-state index in [2.05, 4.69) is 26.0 Å². The number of carbonyl (C=O) groups excluding carboxylic acids is 1. The summed E-state index contributed by atoms with van der Waals surface area (Å²) in [6.07, 6.45) is 4.17. The fourth-order valence-corrected chi connectivity index (χ4v) is 1.94. The van der Waals surface area contributed by atoms with Gasteiger partial charge in [0.2, 0.25) is 5.91 Å². The first-order valence-electron chi connectivity index (χ1n) is 6.76. The Bertz CT molecular complexity index is 404. The van der Waals surface area contributed by atoms with Crippen LogP contribution in [0.4, 0.5) is 0 Å². The van der Waals surface area contributed by atoms with Crippen molar-refractivity contribution >= 4 is 5.91 Å². The second kappa shape index (κ2) is 8.53.